The van der Waals surface area contributed by atoms with Crippen molar-refractivity contribution >= 4 is 0 Å². The van der Waals surface area contributed by atoms with Crippen molar-refractivity contribution in [1.29, 1.82) is 0 Å². The van der Waals surface area contributed by atoms with Gasteiger partial charge in [-0.1, -0.05) is 12.2 Å². The molecule has 0 N–H and O–H groups in total. The molecule has 0 amide bonds. The highest BCUT2D eigenvalue weighted by molar-refractivity contribution is 5.00. The Bertz CT molecular complexity index is 197. The van der Waals surface area contributed by atoms with Crippen molar-refractivity contribution in [3.05, 3.63) is 12.2 Å². The summed E-state index contributed by atoms with van der Waals surface area (Å²) in [5.74, 6) is 0. The van der Waals surface area contributed by atoms with Gasteiger partial charge in [0.2, 0.25) is 0 Å². The number of hydrogen-bond acceptors (Lipinski definition) is 1. The summed E-state index contributed by atoms with van der Waals surface area (Å²) in [7, 11) is 0. The maximum atomic E-state index is 2.64. The van der Waals surface area contributed by atoms with Crippen LogP contribution in [0.4, 0.5) is 0 Å². The van der Waals surface area contributed by atoms with Crippen molar-refractivity contribution in [2.24, 2.45) is 0 Å². The van der Waals surface area contributed by atoms with Gasteiger partial charge in [0.25, 0.3) is 0 Å². The van der Waals surface area contributed by atoms with Crippen molar-refractivity contribution in [2.45, 2.75) is 65.0 Å². The highest BCUT2D eigenvalue weighted by atomic mass is 15.2. The van der Waals surface area contributed by atoms with Crippen LogP contribution >= 0.6 is 0 Å². The van der Waals surface area contributed by atoms with Gasteiger partial charge in [-0.2, -0.15) is 0 Å². The molecule has 1 heterocycles. The fourth-order valence-corrected chi connectivity index (χ4v) is 2.75. The van der Waals surface area contributed by atoms with Gasteiger partial charge in [0, 0.05) is 17.6 Å². The molecular weight excluding hydrogens is 170 g/mol. The Morgan fingerprint density at radius 2 is 1.57 bits per heavy atom. The summed E-state index contributed by atoms with van der Waals surface area (Å²) in [5.41, 5.74) is 0.725. The first-order valence-electron chi connectivity index (χ1n) is 5.79. The van der Waals surface area contributed by atoms with E-state index in [0.29, 0.717) is 11.1 Å². The fraction of sp³-hybridized carbons (Fsp3) is 0.846. The Labute approximate surface area is 89.2 Å². The summed E-state index contributed by atoms with van der Waals surface area (Å²) in [6.45, 7) is 12.7. The average molecular weight is 195 g/mol. The van der Waals surface area contributed by atoms with Gasteiger partial charge in [0.1, 0.15) is 0 Å². The molecule has 82 valence electrons. The molecule has 0 saturated carbocycles. The number of hydrogen-bond donors (Lipinski definition) is 0. The minimum Gasteiger partial charge on any atom is -0.289 e. The van der Waals surface area contributed by atoms with Gasteiger partial charge in [-0.15, -0.1) is 0 Å². The third-order valence-corrected chi connectivity index (χ3v) is 3.56. The van der Waals surface area contributed by atoms with E-state index in [4.69, 9.17) is 0 Å². The maximum absolute atomic E-state index is 2.64. The van der Waals surface area contributed by atoms with Crippen LogP contribution in [0.15, 0.2) is 12.2 Å². The summed E-state index contributed by atoms with van der Waals surface area (Å²) in [4.78, 5) is 2.64. The Balaban J connectivity index is 2.80. The average Bonchev–Trinajstić information content (AvgIpc) is 2.01. The highest BCUT2D eigenvalue weighted by Gasteiger charge is 2.40. The maximum Gasteiger partial charge on any atom is 0.0173 e. The molecule has 0 bridgehead atoms. The van der Waals surface area contributed by atoms with Crippen LogP contribution in [0.25, 0.3) is 0 Å². The second kappa shape index (κ2) is 4.06. The molecule has 1 fully saturated rings. The largest absolute Gasteiger partial charge is 0.289 e. The molecule has 1 rings (SSSR count). The molecule has 1 heteroatoms. The topological polar surface area (TPSA) is 3.24 Å². The molecule has 0 aromatic heterocycles. The summed E-state index contributed by atoms with van der Waals surface area (Å²) in [6, 6.07) is 0. The SMILES string of the molecule is CC=CCN1C(C)(C)CCCC1(C)C. The highest BCUT2D eigenvalue weighted by Crippen LogP contribution is 2.37. The third kappa shape index (κ3) is 2.38. The molecule has 0 spiro atoms. The van der Waals surface area contributed by atoms with Gasteiger partial charge in [0.15, 0.2) is 0 Å². The van der Waals surface area contributed by atoms with Crippen molar-refractivity contribution in [3.63, 3.8) is 0 Å². The monoisotopic (exact) mass is 195 g/mol. The van der Waals surface area contributed by atoms with Gasteiger partial charge in [-0.05, 0) is 53.9 Å². The lowest BCUT2D eigenvalue weighted by Gasteiger charge is -2.52. The molecular formula is C13H25N. The molecule has 1 nitrogen and oxygen atoms in total. The molecule has 1 aliphatic heterocycles. The van der Waals surface area contributed by atoms with Gasteiger partial charge in [-0.25, -0.2) is 0 Å². The summed E-state index contributed by atoms with van der Waals surface area (Å²) in [5, 5.41) is 0. The van der Waals surface area contributed by atoms with Gasteiger partial charge in [-0.3, -0.25) is 4.90 Å². The Morgan fingerprint density at radius 1 is 1.07 bits per heavy atom. The molecule has 0 radical (unpaired) electrons. The van der Waals surface area contributed by atoms with Crippen molar-refractivity contribution < 1.29 is 0 Å². The van der Waals surface area contributed by atoms with Crippen LogP contribution in [-0.4, -0.2) is 22.5 Å². The second-order valence-corrected chi connectivity index (χ2v) is 5.66. The standard InChI is InChI=1S/C13H25N/c1-6-7-11-14-12(2,3)9-8-10-13(14,4)5/h6-7H,8-11H2,1-5H3. The Hall–Kier alpha value is -0.300. The predicted molar refractivity (Wildman–Crippen MR) is 63.5 cm³/mol. The number of allylic oxidation sites excluding steroid dienone is 1. The lowest BCUT2D eigenvalue weighted by atomic mass is 9.80. The molecule has 0 aromatic carbocycles. The van der Waals surface area contributed by atoms with Crippen LogP contribution in [0, 0.1) is 0 Å². The normalized spacial score (nSPS) is 26.9. The van der Waals surface area contributed by atoms with E-state index < -0.39 is 0 Å². The summed E-state index contributed by atoms with van der Waals surface area (Å²) < 4.78 is 0. The summed E-state index contributed by atoms with van der Waals surface area (Å²) >= 11 is 0. The van der Waals surface area contributed by atoms with E-state index in [2.05, 4.69) is 51.7 Å². The molecule has 0 aliphatic carbocycles. The quantitative estimate of drug-likeness (QED) is 0.608. The van der Waals surface area contributed by atoms with Crippen molar-refractivity contribution in [1.82, 2.24) is 4.90 Å². The minimum absolute atomic E-state index is 0.362. The number of piperidine rings is 1. The van der Waals surface area contributed by atoms with Crippen LogP contribution in [0.1, 0.15) is 53.9 Å². The molecule has 0 aromatic rings. The fourth-order valence-electron chi connectivity index (χ4n) is 2.75. The first kappa shape index (κ1) is 11.8. The predicted octanol–water partition coefficient (Wildman–Crippen LogP) is 3.61. The van der Waals surface area contributed by atoms with Gasteiger partial charge >= 0.3 is 0 Å². The molecule has 1 saturated heterocycles. The van der Waals surface area contributed by atoms with Crippen molar-refractivity contribution in [3.8, 4) is 0 Å². The molecule has 0 atom stereocenters. The first-order valence-corrected chi connectivity index (χ1v) is 5.79. The van der Waals surface area contributed by atoms with E-state index in [0.717, 1.165) is 6.54 Å². The van der Waals surface area contributed by atoms with Crippen LogP contribution in [0.3, 0.4) is 0 Å². The van der Waals surface area contributed by atoms with Crippen molar-refractivity contribution in [2.75, 3.05) is 6.54 Å². The Morgan fingerprint density at radius 3 is 2.00 bits per heavy atom. The third-order valence-electron chi connectivity index (χ3n) is 3.56. The number of likely N-dealkylation sites (tertiary alicyclic amines) is 1. The lowest BCUT2D eigenvalue weighted by molar-refractivity contribution is -0.0162. The minimum atomic E-state index is 0.362. The zero-order valence-corrected chi connectivity index (χ0v) is 10.4. The zero-order chi connectivity index (χ0) is 10.8. The number of rotatable bonds is 2. The number of nitrogens with zero attached hydrogens (tertiary/aromatic N) is 1. The smallest absolute Gasteiger partial charge is 0.0173 e. The molecule has 0 unspecified atom stereocenters. The van der Waals surface area contributed by atoms with E-state index in [-0.39, 0.29) is 0 Å². The Kier molecular flexibility index (Phi) is 3.41. The summed E-state index contributed by atoms with van der Waals surface area (Å²) in [6.07, 6.45) is 8.45. The zero-order valence-electron chi connectivity index (χ0n) is 10.4. The van der Waals surface area contributed by atoms with Gasteiger partial charge in [0.05, 0.1) is 0 Å². The van der Waals surface area contributed by atoms with Crippen LogP contribution < -0.4 is 0 Å². The van der Waals surface area contributed by atoms with Crippen LogP contribution in [0.5, 0.6) is 0 Å². The van der Waals surface area contributed by atoms with E-state index in [1.807, 2.05) is 0 Å². The van der Waals surface area contributed by atoms with Gasteiger partial charge < -0.3 is 0 Å². The van der Waals surface area contributed by atoms with Crippen LogP contribution in [-0.2, 0) is 0 Å². The second-order valence-electron chi connectivity index (χ2n) is 5.66. The van der Waals surface area contributed by atoms with E-state index >= 15 is 0 Å². The van der Waals surface area contributed by atoms with E-state index in [9.17, 15) is 0 Å². The van der Waals surface area contributed by atoms with E-state index in [1.54, 1.807) is 0 Å². The first-order chi connectivity index (χ1) is 6.40. The molecule has 1 aliphatic rings. The molecule has 14 heavy (non-hydrogen) atoms. The van der Waals surface area contributed by atoms with Crippen LogP contribution in [0.2, 0.25) is 0 Å². The lowest BCUT2D eigenvalue weighted by Crippen LogP contribution is -2.58. The van der Waals surface area contributed by atoms with E-state index in [1.165, 1.54) is 19.3 Å².